The maximum atomic E-state index is 11.8. The molecule has 3 heterocycles. The van der Waals surface area contributed by atoms with Crippen LogP contribution < -0.4 is 5.11 Å². The topological polar surface area (TPSA) is 92.7 Å². The van der Waals surface area contributed by atoms with Gasteiger partial charge in [0.2, 0.25) is 0 Å². The van der Waals surface area contributed by atoms with Gasteiger partial charge in [-0.3, -0.25) is 9.59 Å². The van der Waals surface area contributed by atoms with Crippen molar-refractivity contribution in [3.63, 3.8) is 0 Å². The molecule has 0 radical (unpaired) electrons. The number of carbonyl (C=O) groups is 3. The van der Waals surface area contributed by atoms with Crippen molar-refractivity contribution < 1.29 is 29.0 Å². The van der Waals surface area contributed by atoms with Crippen LogP contribution in [-0.2, 0) is 23.9 Å². The van der Waals surface area contributed by atoms with Gasteiger partial charge in [-0.1, -0.05) is 6.58 Å². The highest BCUT2D eigenvalue weighted by atomic mass is 16.6. The van der Waals surface area contributed by atoms with E-state index in [9.17, 15) is 19.5 Å². The predicted molar refractivity (Wildman–Crippen MR) is 58.5 cm³/mol. The minimum absolute atomic E-state index is 0.0623. The van der Waals surface area contributed by atoms with Crippen molar-refractivity contribution in [1.29, 1.82) is 0 Å². The first-order valence-electron chi connectivity index (χ1n) is 6.17. The lowest BCUT2D eigenvalue weighted by Crippen LogP contribution is -2.48. The van der Waals surface area contributed by atoms with Crippen LogP contribution in [0.2, 0.25) is 0 Å². The Morgan fingerprint density at radius 1 is 1.32 bits per heavy atom. The first kappa shape index (κ1) is 12.3. The summed E-state index contributed by atoms with van der Waals surface area (Å²) in [7, 11) is 0. The zero-order valence-electron chi connectivity index (χ0n) is 10.3. The maximum absolute atomic E-state index is 11.8. The number of carboxylic acids is 1. The van der Waals surface area contributed by atoms with E-state index >= 15 is 0 Å². The number of fused-ring (bicyclic) bond motifs is 1. The Kier molecular flexibility index (Phi) is 2.53. The van der Waals surface area contributed by atoms with Gasteiger partial charge in [0.05, 0.1) is 23.9 Å². The molecule has 6 atom stereocenters. The Balaban J connectivity index is 1.89. The van der Waals surface area contributed by atoms with E-state index in [0.717, 1.165) is 0 Å². The quantitative estimate of drug-likeness (QED) is 0.469. The molecule has 6 heteroatoms. The Morgan fingerprint density at radius 2 is 2.00 bits per heavy atom. The van der Waals surface area contributed by atoms with Crippen LogP contribution in [0.25, 0.3) is 0 Å². The number of hydrogen-bond donors (Lipinski definition) is 0. The van der Waals surface area contributed by atoms with Crippen molar-refractivity contribution in [2.24, 2.45) is 17.8 Å². The highest BCUT2D eigenvalue weighted by Crippen LogP contribution is 2.53. The summed E-state index contributed by atoms with van der Waals surface area (Å²) < 4.78 is 10.6. The minimum atomic E-state index is -1.29. The molecular formula is C13H13O6-. The van der Waals surface area contributed by atoms with E-state index in [-0.39, 0.29) is 12.2 Å². The van der Waals surface area contributed by atoms with Gasteiger partial charge < -0.3 is 19.4 Å². The number of Topliss-reactive ketones (excluding diaryl/α,β-unsaturated/α-hetero) is 1. The van der Waals surface area contributed by atoms with Crippen LogP contribution in [0.15, 0.2) is 12.2 Å². The Labute approximate surface area is 109 Å². The number of ketones is 1. The van der Waals surface area contributed by atoms with Gasteiger partial charge in [-0.2, -0.15) is 0 Å². The fraction of sp³-hybridized carbons (Fsp3) is 0.615. The first-order valence-corrected chi connectivity index (χ1v) is 6.17. The highest BCUT2D eigenvalue weighted by Gasteiger charge is 2.68. The molecule has 0 spiro atoms. The van der Waals surface area contributed by atoms with E-state index in [1.165, 1.54) is 0 Å². The highest BCUT2D eigenvalue weighted by molar-refractivity contribution is 5.95. The number of ether oxygens (including phenoxy) is 2. The molecule has 6 nitrogen and oxygen atoms in total. The van der Waals surface area contributed by atoms with Gasteiger partial charge in [0.15, 0.2) is 5.78 Å². The molecule has 0 amide bonds. The zero-order chi connectivity index (χ0) is 13.9. The summed E-state index contributed by atoms with van der Waals surface area (Å²) in [5.41, 5.74) is 0.385. The molecule has 3 saturated heterocycles. The monoisotopic (exact) mass is 265 g/mol. The van der Waals surface area contributed by atoms with E-state index < -0.39 is 48.0 Å². The number of rotatable bonds is 4. The van der Waals surface area contributed by atoms with Gasteiger partial charge in [0.1, 0.15) is 12.2 Å². The smallest absolute Gasteiger partial charge is 0.312 e. The van der Waals surface area contributed by atoms with Gasteiger partial charge >= 0.3 is 5.97 Å². The lowest BCUT2D eigenvalue weighted by atomic mass is 9.72. The van der Waals surface area contributed by atoms with Gasteiger partial charge in [-0.15, -0.1) is 0 Å². The summed E-state index contributed by atoms with van der Waals surface area (Å²) in [6, 6.07) is 0. The lowest BCUT2D eigenvalue weighted by Gasteiger charge is -2.28. The van der Waals surface area contributed by atoms with Crippen molar-refractivity contribution in [3.05, 3.63) is 12.2 Å². The van der Waals surface area contributed by atoms with Crippen molar-refractivity contribution in [3.8, 4) is 0 Å². The van der Waals surface area contributed by atoms with E-state index in [1.54, 1.807) is 6.92 Å². The molecule has 3 aliphatic rings. The van der Waals surface area contributed by atoms with Crippen LogP contribution >= 0.6 is 0 Å². The number of carboxylic acid groups (broad SMARTS) is 1. The molecule has 3 fully saturated rings. The van der Waals surface area contributed by atoms with Crippen molar-refractivity contribution in [2.45, 2.75) is 31.7 Å². The summed E-state index contributed by atoms with van der Waals surface area (Å²) in [6.45, 7) is 5.14. The third kappa shape index (κ3) is 1.56. The summed E-state index contributed by atoms with van der Waals surface area (Å²) >= 11 is 0. The fourth-order valence-electron chi connectivity index (χ4n) is 3.40. The Hall–Kier alpha value is -1.69. The number of carbonyl (C=O) groups excluding carboxylic acids is 3. The van der Waals surface area contributed by atoms with E-state index in [1.807, 2.05) is 0 Å². The van der Waals surface area contributed by atoms with Gasteiger partial charge in [-0.25, -0.2) is 0 Å². The van der Waals surface area contributed by atoms with Crippen LogP contribution in [0, 0.1) is 17.8 Å². The van der Waals surface area contributed by atoms with E-state index in [4.69, 9.17) is 9.47 Å². The zero-order valence-corrected chi connectivity index (χ0v) is 10.3. The van der Waals surface area contributed by atoms with Crippen LogP contribution in [-0.4, -0.2) is 36.0 Å². The molecule has 0 aliphatic carbocycles. The van der Waals surface area contributed by atoms with Crippen LogP contribution in [0.5, 0.6) is 0 Å². The normalized spacial score (nSPS) is 42.3. The summed E-state index contributed by atoms with van der Waals surface area (Å²) in [6.07, 6.45) is -1.93. The molecule has 2 bridgehead atoms. The summed E-state index contributed by atoms with van der Waals surface area (Å²) in [5, 5.41) is 11.2. The average molecular weight is 265 g/mol. The summed E-state index contributed by atoms with van der Waals surface area (Å²) in [5.74, 6) is -3.92. The Morgan fingerprint density at radius 3 is 2.58 bits per heavy atom. The van der Waals surface area contributed by atoms with Gasteiger partial charge in [0, 0.05) is 12.3 Å². The molecule has 19 heavy (non-hydrogen) atoms. The maximum Gasteiger partial charge on any atom is 0.312 e. The lowest BCUT2D eigenvalue weighted by molar-refractivity contribution is -0.315. The van der Waals surface area contributed by atoms with Crippen LogP contribution in [0.4, 0.5) is 0 Å². The fourth-order valence-corrected chi connectivity index (χ4v) is 3.40. The molecule has 6 unspecified atom stereocenters. The molecule has 3 aliphatic heterocycles. The second-order valence-electron chi connectivity index (χ2n) is 5.41. The van der Waals surface area contributed by atoms with Crippen LogP contribution in [0.1, 0.15) is 13.3 Å². The van der Waals surface area contributed by atoms with Gasteiger partial charge in [0.25, 0.3) is 0 Å². The standard InChI is InChI=1S/C13H14O6/c1-4(2)6(14)3-5-7-10-11(19-13(7)17)8(12(15)16)9(5)18-10/h5,7-11H,1,3H2,2H3,(H,15,16)/p-1. The molecule has 0 aromatic carbocycles. The van der Waals surface area contributed by atoms with Crippen molar-refractivity contribution in [2.75, 3.05) is 0 Å². The molecule has 0 saturated carbocycles. The van der Waals surface area contributed by atoms with Crippen molar-refractivity contribution >= 4 is 17.7 Å². The van der Waals surface area contributed by atoms with Gasteiger partial charge in [-0.05, 0) is 12.5 Å². The SMILES string of the molecule is C=C(C)C(=O)CC1C2OC3C(OC(=O)C13)C2C(=O)[O-]. The molecule has 102 valence electrons. The minimum Gasteiger partial charge on any atom is -0.550 e. The van der Waals surface area contributed by atoms with Crippen molar-refractivity contribution in [1.82, 2.24) is 0 Å². The average Bonchev–Trinajstić information content (AvgIpc) is 2.89. The third-order valence-corrected chi connectivity index (χ3v) is 4.28. The number of esters is 1. The number of hydrogen-bond acceptors (Lipinski definition) is 6. The second kappa shape index (κ2) is 3.90. The largest absolute Gasteiger partial charge is 0.550 e. The number of aliphatic carboxylic acids is 1. The molecular weight excluding hydrogens is 252 g/mol. The second-order valence-corrected chi connectivity index (χ2v) is 5.41. The summed E-state index contributed by atoms with van der Waals surface area (Å²) in [4.78, 5) is 34.7. The predicted octanol–water partition coefficient (Wildman–Crippen LogP) is -1.17. The molecule has 0 aromatic heterocycles. The molecule has 0 aromatic rings. The first-order chi connectivity index (χ1) is 8.91. The van der Waals surface area contributed by atoms with E-state index in [0.29, 0.717) is 5.57 Å². The van der Waals surface area contributed by atoms with Crippen LogP contribution in [0.3, 0.4) is 0 Å². The third-order valence-electron chi connectivity index (χ3n) is 4.28. The Bertz CT molecular complexity index is 495. The number of allylic oxidation sites excluding steroid dienone is 1. The molecule has 3 rings (SSSR count). The van der Waals surface area contributed by atoms with E-state index in [2.05, 4.69) is 6.58 Å². The molecule has 0 N–H and O–H groups in total.